The minimum atomic E-state index is -1.15. The van der Waals surface area contributed by atoms with Crippen molar-refractivity contribution >= 4 is 11.7 Å². The van der Waals surface area contributed by atoms with Gasteiger partial charge in [-0.2, -0.15) is 0 Å². The molecule has 6 N–H and O–H groups in total. The number of Topliss-reactive ketones (excluding diaryl/α,β-unsaturated/α-hetero) is 1. The van der Waals surface area contributed by atoms with Crippen molar-refractivity contribution in [3.8, 4) is 0 Å². The Morgan fingerprint density at radius 2 is 2.37 bits per heavy atom. The number of hydrogen-bond acceptors (Lipinski definition) is 7. The molecule has 0 radical (unpaired) electrons. The summed E-state index contributed by atoms with van der Waals surface area (Å²) in [6.07, 6.45) is 1.06. The Labute approximate surface area is 109 Å². The van der Waals surface area contributed by atoms with Gasteiger partial charge in [-0.05, 0) is 12.1 Å². The quantitative estimate of drug-likeness (QED) is 0.381. The molecule has 1 amide bonds. The normalized spacial score (nSPS) is 26.8. The molecule has 1 saturated heterocycles. The second-order valence-corrected chi connectivity index (χ2v) is 4.12. The highest BCUT2D eigenvalue weighted by molar-refractivity contribution is 5.97. The molecule has 1 aromatic heterocycles. The zero-order valence-electron chi connectivity index (χ0n) is 10.0. The summed E-state index contributed by atoms with van der Waals surface area (Å²) in [5, 5.41) is 17.3. The third kappa shape index (κ3) is 3.32. The lowest BCUT2D eigenvalue weighted by Crippen LogP contribution is -2.70. The van der Waals surface area contributed by atoms with Gasteiger partial charge in [0.25, 0.3) is 0 Å². The van der Waals surface area contributed by atoms with E-state index in [1.807, 2.05) is 0 Å². The third-order valence-electron chi connectivity index (χ3n) is 2.71. The van der Waals surface area contributed by atoms with Gasteiger partial charge < -0.3 is 10.4 Å². The van der Waals surface area contributed by atoms with E-state index in [2.05, 4.69) is 20.9 Å². The van der Waals surface area contributed by atoms with Gasteiger partial charge in [0.15, 0.2) is 5.78 Å². The van der Waals surface area contributed by atoms with E-state index in [-0.39, 0.29) is 12.3 Å². The molecule has 0 aromatic carbocycles. The average Bonchev–Trinajstić information content (AvgIpc) is 2.38. The summed E-state index contributed by atoms with van der Waals surface area (Å²) in [6, 6.07) is 2.35. The van der Waals surface area contributed by atoms with E-state index in [1.54, 1.807) is 18.3 Å². The lowest BCUT2D eigenvalue weighted by molar-refractivity contribution is -0.131. The van der Waals surface area contributed by atoms with Crippen molar-refractivity contribution in [1.29, 1.82) is 0 Å². The molecule has 2 rings (SSSR count). The maximum atomic E-state index is 11.8. The van der Waals surface area contributed by atoms with E-state index in [4.69, 9.17) is 5.73 Å². The van der Waals surface area contributed by atoms with Gasteiger partial charge >= 0.3 is 0 Å². The summed E-state index contributed by atoms with van der Waals surface area (Å²) in [5.74, 6) is -0.680. The first-order valence-corrected chi connectivity index (χ1v) is 5.74. The van der Waals surface area contributed by atoms with Gasteiger partial charge in [0.2, 0.25) is 5.91 Å². The maximum Gasteiger partial charge on any atom is 0.243 e. The summed E-state index contributed by atoms with van der Waals surface area (Å²) < 4.78 is 0. The number of rotatable bonds is 4. The van der Waals surface area contributed by atoms with E-state index in [0.29, 0.717) is 5.56 Å². The first kappa shape index (κ1) is 13.6. The number of hydrogen-bond donors (Lipinski definition) is 5. The predicted molar refractivity (Wildman–Crippen MR) is 65.6 cm³/mol. The Morgan fingerprint density at radius 1 is 1.58 bits per heavy atom. The van der Waals surface area contributed by atoms with Crippen molar-refractivity contribution < 1.29 is 14.7 Å². The van der Waals surface area contributed by atoms with Crippen LogP contribution in [0.25, 0.3) is 0 Å². The van der Waals surface area contributed by atoms with E-state index in [9.17, 15) is 14.7 Å². The van der Waals surface area contributed by atoms with E-state index < -0.39 is 24.5 Å². The number of aromatic nitrogens is 1. The second kappa shape index (κ2) is 5.85. The van der Waals surface area contributed by atoms with Crippen molar-refractivity contribution in [3.05, 3.63) is 30.1 Å². The third-order valence-corrected chi connectivity index (χ3v) is 2.71. The number of pyridine rings is 1. The van der Waals surface area contributed by atoms with Gasteiger partial charge in [-0.3, -0.25) is 30.9 Å². The van der Waals surface area contributed by atoms with Crippen LogP contribution in [0.3, 0.4) is 0 Å². The first-order valence-electron chi connectivity index (χ1n) is 5.74. The van der Waals surface area contributed by atoms with E-state index in [0.717, 1.165) is 0 Å². The molecule has 1 fully saturated rings. The average molecular weight is 265 g/mol. The van der Waals surface area contributed by atoms with Crippen LogP contribution in [-0.2, 0) is 4.79 Å². The standard InChI is InChI=1S/C11H15N5O3/c12-11-15-9(18)8(10(19)16-11)14-5-7(17)6-2-1-3-13-4-6/h1-4,8-9,11,14-15,18H,5,12H2,(H,16,19). The van der Waals surface area contributed by atoms with Crippen LogP contribution < -0.4 is 21.7 Å². The Hall–Kier alpha value is -1.87. The van der Waals surface area contributed by atoms with Crippen molar-refractivity contribution in [2.45, 2.75) is 18.6 Å². The van der Waals surface area contributed by atoms with Crippen LogP contribution in [0.4, 0.5) is 0 Å². The molecule has 1 aromatic rings. The number of nitrogens with zero attached hydrogens (tertiary/aromatic N) is 1. The summed E-state index contributed by atoms with van der Waals surface area (Å²) >= 11 is 0. The fourth-order valence-corrected chi connectivity index (χ4v) is 1.75. The van der Waals surface area contributed by atoms with Gasteiger partial charge in [0.1, 0.15) is 18.6 Å². The number of nitrogens with one attached hydrogen (secondary N) is 3. The largest absolute Gasteiger partial charge is 0.376 e. The number of aliphatic hydroxyl groups excluding tert-OH is 1. The summed E-state index contributed by atoms with van der Waals surface area (Å²) in [5.41, 5.74) is 5.85. The molecule has 3 atom stereocenters. The smallest absolute Gasteiger partial charge is 0.243 e. The monoisotopic (exact) mass is 265 g/mol. The van der Waals surface area contributed by atoms with Crippen LogP contribution in [0.5, 0.6) is 0 Å². The van der Waals surface area contributed by atoms with Crippen LogP contribution in [-0.4, -0.2) is 46.9 Å². The maximum absolute atomic E-state index is 11.8. The van der Waals surface area contributed by atoms with Crippen LogP contribution in [0.2, 0.25) is 0 Å². The molecule has 0 spiro atoms. The van der Waals surface area contributed by atoms with Crippen molar-refractivity contribution in [3.63, 3.8) is 0 Å². The van der Waals surface area contributed by atoms with Crippen molar-refractivity contribution in [1.82, 2.24) is 20.9 Å². The topological polar surface area (TPSA) is 129 Å². The Kier molecular flexibility index (Phi) is 4.17. The molecule has 19 heavy (non-hydrogen) atoms. The Bertz CT molecular complexity index is 467. The first-order chi connectivity index (χ1) is 9.08. The zero-order chi connectivity index (χ0) is 13.8. The Morgan fingerprint density at radius 3 is 3.00 bits per heavy atom. The van der Waals surface area contributed by atoms with Gasteiger partial charge in [-0.25, -0.2) is 0 Å². The van der Waals surface area contributed by atoms with E-state index >= 15 is 0 Å². The summed E-state index contributed by atoms with van der Waals surface area (Å²) in [4.78, 5) is 27.2. The number of carbonyl (C=O) groups is 2. The molecule has 0 saturated carbocycles. The number of nitrogens with two attached hydrogens (primary N) is 1. The molecule has 8 heteroatoms. The number of carbonyl (C=O) groups excluding carboxylic acids is 2. The van der Waals surface area contributed by atoms with Crippen LogP contribution >= 0.6 is 0 Å². The molecular formula is C11H15N5O3. The molecule has 8 nitrogen and oxygen atoms in total. The van der Waals surface area contributed by atoms with Crippen molar-refractivity contribution in [2.24, 2.45) is 5.73 Å². The van der Waals surface area contributed by atoms with Gasteiger partial charge in [0.05, 0.1) is 6.54 Å². The predicted octanol–water partition coefficient (Wildman–Crippen LogP) is -2.50. The second-order valence-electron chi connectivity index (χ2n) is 4.12. The molecule has 0 bridgehead atoms. The molecule has 3 unspecified atom stereocenters. The van der Waals surface area contributed by atoms with Crippen molar-refractivity contribution in [2.75, 3.05) is 6.54 Å². The zero-order valence-corrected chi connectivity index (χ0v) is 10.0. The number of aliphatic hydroxyl groups is 1. The molecular weight excluding hydrogens is 250 g/mol. The number of ketones is 1. The molecule has 102 valence electrons. The lowest BCUT2D eigenvalue weighted by Gasteiger charge is -2.32. The fraction of sp³-hybridized carbons (Fsp3) is 0.364. The minimum absolute atomic E-state index is 0.0856. The summed E-state index contributed by atoms with van der Waals surface area (Å²) in [7, 11) is 0. The van der Waals surface area contributed by atoms with Crippen LogP contribution in [0, 0.1) is 0 Å². The molecule has 0 aliphatic carbocycles. The molecule has 2 heterocycles. The fourth-order valence-electron chi connectivity index (χ4n) is 1.75. The van der Waals surface area contributed by atoms with Crippen LogP contribution in [0.15, 0.2) is 24.5 Å². The van der Waals surface area contributed by atoms with E-state index in [1.165, 1.54) is 6.20 Å². The minimum Gasteiger partial charge on any atom is -0.376 e. The van der Waals surface area contributed by atoms with Crippen LogP contribution in [0.1, 0.15) is 10.4 Å². The van der Waals surface area contributed by atoms with Gasteiger partial charge in [-0.15, -0.1) is 0 Å². The van der Waals surface area contributed by atoms with Gasteiger partial charge in [-0.1, -0.05) is 0 Å². The SMILES string of the molecule is NC1NC(=O)C(NCC(=O)c2cccnc2)C(O)N1. The summed E-state index contributed by atoms with van der Waals surface area (Å²) in [6.45, 7) is -0.0856. The molecule has 1 aliphatic rings. The Balaban J connectivity index is 1.92. The molecule has 1 aliphatic heterocycles. The number of amides is 1. The highest BCUT2D eigenvalue weighted by Gasteiger charge is 2.33. The lowest BCUT2D eigenvalue weighted by atomic mass is 10.1. The van der Waals surface area contributed by atoms with Gasteiger partial charge in [0, 0.05) is 18.0 Å². The highest BCUT2D eigenvalue weighted by atomic mass is 16.3. The highest BCUT2D eigenvalue weighted by Crippen LogP contribution is 2.00.